The maximum absolute atomic E-state index is 13.1. The summed E-state index contributed by atoms with van der Waals surface area (Å²) >= 11 is 0. The second-order valence-corrected chi connectivity index (χ2v) is 19.9. The number of cyclic esters (lactones) is 1. The maximum atomic E-state index is 13.1. The Balaban J connectivity index is 0.0000230. The first-order chi connectivity index (χ1) is 38.3. The average Bonchev–Trinajstić information content (AvgIpc) is 3.50. The molecule has 27 nitrogen and oxygen atoms in total. The van der Waals surface area contributed by atoms with Gasteiger partial charge in [-0.2, -0.15) is 0 Å². The fourth-order valence-corrected chi connectivity index (χ4v) is 7.93. The van der Waals surface area contributed by atoms with Gasteiger partial charge in [0.25, 0.3) is 7.82 Å². The van der Waals surface area contributed by atoms with Crippen LogP contribution in [-0.4, -0.2) is 196 Å². The molecule has 0 saturated carbocycles. The van der Waals surface area contributed by atoms with Crippen LogP contribution in [0.25, 0.3) is 0 Å². The quantitative estimate of drug-likeness (QED) is 0.00814. The largest absolute Gasteiger partial charge is 1.00 e. The number of carboxylic acids is 1. The van der Waals surface area contributed by atoms with Crippen molar-refractivity contribution in [2.45, 2.75) is 133 Å². The van der Waals surface area contributed by atoms with Gasteiger partial charge in [-0.25, -0.2) is 9.59 Å². The third-order valence-corrected chi connectivity index (χ3v) is 12.3. The number of carbonyl (C=O) groups is 7. The van der Waals surface area contributed by atoms with E-state index in [1.54, 1.807) is 37.4 Å². The Morgan fingerprint density at radius 1 is 0.915 bits per heavy atom. The van der Waals surface area contributed by atoms with Crippen LogP contribution in [0.1, 0.15) is 77.2 Å². The van der Waals surface area contributed by atoms with Crippen molar-refractivity contribution >= 4 is 54.9 Å². The van der Waals surface area contributed by atoms with Gasteiger partial charge in [0, 0.05) is 71.2 Å². The Bertz CT molecular complexity index is 2410. The van der Waals surface area contributed by atoms with Crippen LogP contribution in [0, 0.1) is 0 Å². The molecule has 82 heavy (non-hydrogen) atoms. The second kappa shape index (κ2) is 38.7. The fourth-order valence-electron chi connectivity index (χ4n) is 7.30. The number of allylic oxidation sites excluding steroid dienone is 5. The predicted octanol–water partition coefficient (Wildman–Crippen LogP) is -2.67. The zero-order chi connectivity index (χ0) is 60.0. The van der Waals surface area contributed by atoms with E-state index >= 15 is 0 Å². The van der Waals surface area contributed by atoms with Crippen LogP contribution >= 0.6 is 7.82 Å². The van der Waals surface area contributed by atoms with Crippen molar-refractivity contribution in [2.75, 3.05) is 65.1 Å². The van der Waals surface area contributed by atoms with Gasteiger partial charge in [-0.05, 0) is 50.5 Å². The summed E-state index contributed by atoms with van der Waals surface area (Å²) in [5, 5.41) is 67.1. The van der Waals surface area contributed by atoms with E-state index in [2.05, 4.69) is 15.2 Å². The van der Waals surface area contributed by atoms with E-state index in [4.69, 9.17) is 33.2 Å². The number of aliphatic hydroxyl groups excluding tert-OH is 4. The van der Waals surface area contributed by atoms with Crippen molar-refractivity contribution in [2.24, 2.45) is 0 Å². The summed E-state index contributed by atoms with van der Waals surface area (Å²) in [5.41, 5.74) is -1.74. The molecule has 1 saturated heterocycles. The number of amides is 3. The van der Waals surface area contributed by atoms with Crippen molar-refractivity contribution < 1.29 is 146 Å². The Morgan fingerprint density at radius 2 is 1.59 bits per heavy atom. The molecule has 2 aliphatic heterocycles. The van der Waals surface area contributed by atoms with Crippen molar-refractivity contribution in [3.63, 3.8) is 0 Å². The molecule has 0 spiro atoms. The van der Waals surface area contributed by atoms with Gasteiger partial charge in [0.15, 0.2) is 6.10 Å². The number of nitrogens with zero attached hydrogens (tertiary/aromatic N) is 1. The first kappa shape index (κ1) is 73.1. The molecule has 1 fully saturated rings. The topological polar surface area (TPSA) is 402 Å². The molecule has 0 aromatic heterocycles. The number of phosphoric ester groups is 1. The third kappa shape index (κ3) is 30.0. The zero-order valence-electron chi connectivity index (χ0n) is 46.3. The molecular formula is C53H75N3NaO24P. The first-order valence-electron chi connectivity index (χ1n) is 25.9. The number of aliphatic hydroxyl groups is 5. The fraction of sp³-hybridized carbons (Fsp3) is 0.566. The van der Waals surface area contributed by atoms with Gasteiger partial charge < -0.3 is 93.6 Å². The predicted molar refractivity (Wildman–Crippen MR) is 282 cm³/mol. The van der Waals surface area contributed by atoms with E-state index < -0.39 is 98.6 Å². The molecule has 9 N–H and O–H groups in total. The number of esters is 2. The molecule has 3 amide bonds. The monoisotopic (exact) mass is 1190 g/mol. The summed E-state index contributed by atoms with van der Waals surface area (Å²) in [7, 11) is -3.77. The smallest absolute Gasteiger partial charge is 0.756 e. The number of ether oxygens (including phenoxy) is 7. The van der Waals surface area contributed by atoms with Crippen LogP contribution in [0.4, 0.5) is 5.69 Å². The molecule has 452 valence electrons. The summed E-state index contributed by atoms with van der Waals surface area (Å²) in [6, 6.07) is 4.11. The van der Waals surface area contributed by atoms with E-state index in [0.29, 0.717) is 44.6 Å². The van der Waals surface area contributed by atoms with Crippen LogP contribution in [0.3, 0.4) is 0 Å². The summed E-state index contributed by atoms with van der Waals surface area (Å²) in [6.45, 7) is 4.03. The van der Waals surface area contributed by atoms with Gasteiger partial charge in [-0.15, -0.1) is 0 Å². The number of aliphatic carboxylic acids is 1. The van der Waals surface area contributed by atoms with Gasteiger partial charge >= 0.3 is 47.5 Å². The molecule has 3 rings (SSSR count). The van der Waals surface area contributed by atoms with Gasteiger partial charge in [0.05, 0.1) is 51.4 Å². The zero-order valence-corrected chi connectivity index (χ0v) is 49.2. The molecule has 10 atom stereocenters. The van der Waals surface area contributed by atoms with Crippen molar-refractivity contribution in [3.8, 4) is 5.75 Å². The van der Waals surface area contributed by atoms with Gasteiger partial charge in [-0.3, -0.25) is 28.5 Å². The molecule has 1 aromatic carbocycles. The van der Waals surface area contributed by atoms with Gasteiger partial charge in [0.2, 0.25) is 24.0 Å². The molecule has 2 heterocycles. The first-order valence-corrected chi connectivity index (χ1v) is 27.4. The van der Waals surface area contributed by atoms with Crippen molar-refractivity contribution in [1.29, 1.82) is 0 Å². The Kier molecular flexibility index (Phi) is 34.5. The summed E-state index contributed by atoms with van der Waals surface area (Å²) in [4.78, 5) is 107. The molecule has 0 radical (unpaired) electrons. The number of hydrogen-bond donors (Lipinski definition) is 9. The number of carbonyl (C=O) groups excluding carboxylic acids is 6. The Labute approximate surface area is 496 Å². The van der Waals surface area contributed by atoms with Gasteiger partial charge in [-0.1, -0.05) is 54.7 Å². The molecule has 1 unspecified atom stereocenters. The third-order valence-electron chi connectivity index (χ3n) is 11.8. The summed E-state index contributed by atoms with van der Waals surface area (Å²) in [6.07, 6.45) is 1.81. The Morgan fingerprint density at radius 3 is 2.24 bits per heavy atom. The molecule has 29 heteroatoms. The van der Waals surface area contributed by atoms with E-state index in [1.165, 1.54) is 61.3 Å². The average molecular weight is 1190 g/mol. The maximum Gasteiger partial charge on any atom is 1.00 e. The number of rotatable bonds is 38. The number of benzene rings is 1. The number of ketones is 1. The minimum Gasteiger partial charge on any atom is -0.756 e. The standard InChI is InChI=1S/C53H76N3O24P.Na/c1-35(57)21-26-73-28-30-75-31-29-74-27-22-42(59)54-24-20-43(60)55-39-32-36(17-18-40(39)78-52-49(66)47(64)48(65)50(79-52)51(67)68)34-76-45(62)16-11-25-56(3)44(61)14-9-7-5-4-6-8-12-37(58)33-41(80-81(70,71)72)53(2,69)23-19-38-13-10-15-46(63)77-38;/h4-8,10,12,15,17-19,23,32,37-38,41,47-50,52,58,64-66,69H,9,11,13-14,16,20-22,24-31,33-34H2,1-3H3,(H,54,59)(H,55,60)(H,67,68)(H2,70,71,72);/q;+1/p-1/b6-4-,7-5+,12-8-,23-19+;/t37-,38-,41-,47+,48+,49-,50+,52-,53-;/m1./s1. The van der Waals surface area contributed by atoms with Crippen LogP contribution in [0.5, 0.6) is 5.75 Å². The second-order valence-electron chi connectivity index (χ2n) is 18.8. The van der Waals surface area contributed by atoms with E-state index in [9.17, 15) is 78.6 Å². The number of Topliss-reactive ketones (excluding diaryl/α,β-unsaturated/α-hetero) is 1. The van der Waals surface area contributed by atoms with Crippen LogP contribution in [0.15, 0.2) is 79.0 Å². The molecular weight excluding hydrogens is 1120 g/mol. The van der Waals surface area contributed by atoms with Crippen LogP contribution < -0.4 is 49.8 Å². The number of anilines is 1. The number of carboxylic acid groups (broad SMARTS) is 1. The summed E-state index contributed by atoms with van der Waals surface area (Å²) < 4.78 is 53.7. The van der Waals surface area contributed by atoms with Gasteiger partial charge in [0.1, 0.15) is 54.3 Å². The van der Waals surface area contributed by atoms with E-state index in [-0.39, 0.29) is 124 Å². The van der Waals surface area contributed by atoms with Crippen LogP contribution in [0.2, 0.25) is 0 Å². The molecule has 0 bridgehead atoms. The van der Waals surface area contributed by atoms with E-state index in [0.717, 1.165) is 6.08 Å². The van der Waals surface area contributed by atoms with E-state index in [1.807, 2.05) is 0 Å². The minimum absolute atomic E-state index is 0. The number of nitrogens with one attached hydrogen (secondary N) is 2. The minimum atomic E-state index is -5.35. The van der Waals surface area contributed by atoms with Crippen LogP contribution in [-0.2, 0) is 77.7 Å². The van der Waals surface area contributed by atoms with Crippen molar-refractivity contribution in [1.82, 2.24) is 10.2 Å². The normalized spacial score (nSPS) is 21.3. The SMILES string of the molecule is CC(=O)CCOCCOCCOCCC(=O)NCCC(=O)Nc1cc(COC(=O)CCCN(C)C(=O)CC/C=C/C=C\C=C/[C@@H](O)C[C@@H](OP(=O)([O-])O)[C@](C)(O)/C=C/[C@H]2CC=CC(=O)O2)ccc1O[C@@H]1O[C@H](C(=O)O)[C@@H](O)[C@H](O)[C@H]1O.[Na+]. The molecule has 0 aliphatic carbocycles. The number of phosphoric acid groups is 1. The Hall–Kier alpha value is -5.04. The summed E-state index contributed by atoms with van der Waals surface area (Å²) in [5.74, 6) is -4.23. The molecule has 2 aliphatic rings. The molecule has 1 aromatic rings. The number of hydrogen-bond acceptors (Lipinski definition) is 22. The van der Waals surface area contributed by atoms with Crippen molar-refractivity contribution in [3.05, 3.63) is 84.5 Å².